The molecule has 9 heteroatoms. The lowest BCUT2D eigenvalue weighted by molar-refractivity contribution is 0.0692. The van der Waals surface area contributed by atoms with Crippen LogP contribution in [0.3, 0.4) is 0 Å². The van der Waals surface area contributed by atoms with Gasteiger partial charge < -0.3 is 14.2 Å². The number of carbonyl (C=O) groups is 1. The van der Waals surface area contributed by atoms with Gasteiger partial charge in [-0.05, 0) is 26.8 Å². The monoisotopic (exact) mass is 419 g/mol. The van der Waals surface area contributed by atoms with Gasteiger partial charge in [-0.2, -0.15) is 4.31 Å². The maximum Gasteiger partial charge on any atom is 0.257 e. The number of para-hydroxylation sites is 1. The largest absolute Gasteiger partial charge is 0.489 e. The van der Waals surface area contributed by atoms with Crippen molar-refractivity contribution >= 4 is 15.9 Å². The summed E-state index contributed by atoms with van der Waals surface area (Å²) in [6.45, 7) is 8.36. The highest BCUT2D eigenvalue weighted by Crippen LogP contribution is 2.40. The fraction of sp³-hybridized carbons (Fsp3) is 0.500. The van der Waals surface area contributed by atoms with Gasteiger partial charge in [-0.25, -0.2) is 8.42 Å². The molecule has 0 N–H and O–H groups in total. The Labute approximate surface area is 170 Å². The van der Waals surface area contributed by atoms with E-state index in [2.05, 4.69) is 12.1 Å². The molecule has 0 radical (unpaired) electrons. The zero-order valence-corrected chi connectivity index (χ0v) is 17.8. The minimum absolute atomic E-state index is 0.0241. The number of sulfonamides is 1. The molecule has 1 aromatic carbocycles. The minimum atomic E-state index is -3.70. The molecule has 2 atom stereocenters. The van der Waals surface area contributed by atoms with Crippen molar-refractivity contribution in [2.24, 2.45) is 0 Å². The summed E-state index contributed by atoms with van der Waals surface area (Å²) in [5.74, 6) is 1.04. The number of aryl methyl sites for hydroxylation is 2. The maximum absolute atomic E-state index is 13.1. The van der Waals surface area contributed by atoms with Crippen LogP contribution >= 0.6 is 0 Å². The van der Waals surface area contributed by atoms with Crippen molar-refractivity contribution in [1.29, 1.82) is 0 Å². The van der Waals surface area contributed by atoms with E-state index in [9.17, 15) is 13.2 Å². The van der Waals surface area contributed by atoms with Gasteiger partial charge in [0, 0.05) is 37.7 Å². The van der Waals surface area contributed by atoms with Gasteiger partial charge >= 0.3 is 0 Å². The highest BCUT2D eigenvalue weighted by Gasteiger charge is 2.36. The number of ether oxygens (including phenoxy) is 1. The summed E-state index contributed by atoms with van der Waals surface area (Å²) in [5.41, 5.74) is 1.94. The number of amides is 1. The number of carbonyl (C=O) groups excluding carboxylic acids is 1. The molecule has 2 aromatic rings. The summed E-state index contributed by atoms with van der Waals surface area (Å²) < 4.78 is 38.3. The van der Waals surface area contributed by atoms with Crippen molar-refractivity contribution in [3.63, 3.8) is 0 Å². The van der Waals surface area contributed by atoms with Gasteiger partial charge in [0.05, 0.1) is 5.56 Å². The highest BCUT2D eigenvalue weighted by molar-refractivity contribution is 7.89. The van der Waals surface area contributed by atoms with Crippen LogP contribution in [-0.2, 0) is 10.0 Å². The molecule has 0 bridgehead atoms. The predicted molar refractivity (Wildman–Crippen MR) is 106 cm³/mol. The topological polar surface area (TPSA) is 93.0 Å². The molecule has 0 saturated carbocycles. The van der Waals surface area contributed by atoms with Gasteiger partial charge in [0.1, 0.15) is 22.4 Å². The summed E-state index contributed by atoms with van der Waals surface area (Å²) in [4.78, 5) is 14.9. The molecule has 0 aliphatic carbocycles. The third kappa shape index (κ3) is 3.22. The second kappa shape index (κ2) is 7.14. The molecule has 1 amide bonds. The number of fused-ring (bicyclic) bond motifs is 1. The molecule has 8 nitrogen and oxygen atoms in total. The van der Waals surface area contributed by atoms with E-state index in [0.29, 0.717) is 30.1 Å². The number of piperazine rings is 1. The number of hydrogen-bond acceptors (Lipinski definition) is 6. The van der Waals surface area contributed by atoms with Gasteiger partial charge in [-0.3, -0.25) is 4.79 Å². The van der Waals surface area contributed by atoms with Crippen LogP contribution in [0.25, 0.3) is 0 Å². The lowest BCUT2D eigenvalue weighted by Crippen LogP contribution is -2.50. The predicted octanol–water partition coefficient (Wildman–Crippen LogP) is 2.32. The van der Waals surface area contributed by atoms with E-state index < -0.39 is 10.0 Å². The molecule has 1 fully saturated rings. The van der Waals surface area contributed by atoms with Crippen LogP contribution < -0.4 is 4.74 Å². The second-order valence-electron chi connectivity index (χ2n) is 7.69. The van der Waals surface area contributed by atoms with Crippen LogP contribution in [0.1, 0.15) is 47.1 Å². The molecule has 3 heterocycles. The Morgan fingerprint density at radius 3 is 2.45 bits per heavy atom. The van der Waals surface area contributed by atoms with E-state index in [0.717, 1.165) is 5.56 Å². The van der Waals surface area contributed by atoms with E-state index in [4.69, 9.17) is 9.26 Å². The van der Waals surface area contributed by atoms with Crippen LogP contribution in [0.5, 0.6) is 5.75 Å². The Morgan fingerprint density at radius 2 is 1.83 bits per heavy atom. The molecule has 1 aromatic heterocycles. The Balaban J connectivity index is 1.51. The smallest absolute Gasteiger partial charge is 0.257 e. The summed E-state index contributed by atoms with van der Waals surface area (Å²) in [5, 5.41) is 3.75. The highest BCUT2D eigenvalue weighted by atomic mass is 32.2. The second-order valence-corrected chi connectivity index (χ2v) is 9.56. The van der Waals surface area contributed by atoms with Crippen LogP contribution in [0.2, 0.25) is 0 Å². The van der Waals surface area contributed by atoms with E-state index in [1.165, 1.54) is 4.31 Å². The number of hydrogen-bond donors (Lipinski definition) is 0. The van der Waals surface area contributed by atoms with E-state index in [1.54, 1.807) is 24.8 Å². The average molecular weight is 420 g/mol. The molecule has 2 aliphatic rings. The molecule has 29 heavy (non-hydrogen) atoms. The molecule has 1 saturated heterocycles. The van der Waals surface area contributed by atoms with Crippen LogP contribution in [0, 0.1) is 13.8 Å². The van der Waals surface area contributed by atoms with Crippen molar-refractivity contribution in [1.82, 2.24) is 14.4 Å². The van der Waals surface area contributed by atoms with Gasteiger partial charge in [-0.15, -0.1) is 0 Å². The molecule has 0 unspecified atom stereocenters. The molecule has 4 rings (SSSR count). The van der Waals surface area contributed by atoms with Crippen LogP contribution in [-0.4, -0.2) is 61.0 Å². The zero-order valence-electron chi connectivity index (χ0n) is 17.0. The average Bonchev–Trinajstić information content (AvgIpc) is 3.20. The van der Waals surface area contributed by atoms with Crippen LogP contribution in [0.4, 0.5) is 0 Å². The number of benzene rings is 1. The lowest BCUT2D eigenvalue weighted by Gasteiger charge is -2.34. The van der Waals surface area contributed by atoms with Gasteiger partial charge in [0.25, 0.3) is 5.91 Å². The molecule has 156 valence electrons. The van der Waals surface area contributed by atoms with E-state index >= 15 is 0 Å². The standard InChI is InChI=1S/C20H25N3O5S/c1-12-14(3)27-18-16(12)6-5-7-17(18)20(24)22-8-10-23(11-9-22)29(25,26)19-13(2)21-28-15(19)4/h5-7,12,14H,8-11H2,1-4H3/t12-,14+/m0/s1. The third-order valence-corrected chi connectivity index (χ3v) is 8.01. The summed E-state index contributed by atoms with van der Waals surface area (Å²) in [7, 11) is -3.70. The summed E-state index contributed by atoms with van der Waals surface area (Å²) in [6.07, 6.45) is 0.0241. The van der Waals surface area contributed by atoms with Crippen LogP contribution in [0.15, 0.2) is 27.6 Å². The van der Waals surface area contributed by atoms with Crippen molar-refractivity contribution in [2.45, 2.75) is 44.6 Å². The first kappa shape index (κ1) is 19.9. The fourth-order valence-corrected chi connectivity index (χ4v) is 5.74. The Hall–Kier alpha value is -2.39. The first-order valence-electron chi connectivity index (χ1n) is 9.73. The molecular weight excluding hydrogens is 394 g/mol. The van der Waals surface area contributed by atoms with Crippen molar-refractivity contribution in [3.05, 3.63) is 40.8 Å². The van der Waals surface area contributed by atoms with Crippen molar-refractivity contribution < 1.29 is 22.5 Å². The minimum Gasteiger partial charge on any atom is -0.489 e. The normalized spacial score (nSPS) is 22.4. The van der Waals surface area contributed by atoms with E-state index in [1.807, 2.05) is 19.1 Å². The molecule has 0 spiro atoms. The van der Waals surface area contributed by atoms with Gasteiger partial charge in [-0.1, -0.05) is 24.2 Å². The van der Waals surface area contributed by atoms with Gasteiger partial charge in [0.2, 0.25) is 10.0 Å². The first-order chi connectivity index (χ1) is 13.7. The number of aromatic nitrogens is 1. The zero-order chi connectivity index (χ0) is 20.9. The van der Waals surface area contributed by atoms with Crippen molar-refractivity contribution in [3.8, 4) is 5.75 Å². The number of rotatable bonds is 3. The molecular formula is C20H25N3O5S. The summed E-state index contributed by atoms with van der Waals surface area (Å²) >= 11 is 0. The quantitative estimate of drug-likeness (QED) is 0.758. The maximum atomic E-state index is 13.1. The first-order valence-corrected chi connectivity index (χ1v) is 11.2. The van der Waals surface area contributed by atoms with Crippen molar-refractivity contribution in [2.75, 3.05) is 26.2 Å². The summed E-state index contributed by atoms with van der Waals surface area (Å²) in [6, 6.07) is 5.65. The Bertz CT molecular complexity index is 1030. The Morgan fingerprint density at radius 1 is 1.14 bits per heavy atom. The Kier molecular flexibility index (Phi) is 4.90. The lowest BCUT2D eigenvalue weighted by atomic mass is 9.96. The van der Waals surface area contributed by atoms with E-state index in [-0.39, 0.29) is 41.7 Å². The third-order valence-electron chi connectivity index (χ3n) is 5.87. The van der Waals surface area contributed by atoms with Gasteiger partial charge in [0.15, 0.2) is 5.76 Å². The molecule has 2 aliphatic heterocycles. The SMILES string of the molecule is Cc1noc(C)c1S(=O)(=O)N1CCN(C(=O)c2cccc3c2O[C@H](C)[C@@H]3C)CC1. The number of nitrogens with zero attached hydrogens (tertiary/aromatic N) is 3. The fourth-order valence-electron chi connectivity index (χ4n) is 4.03.